The third-order valence-electron chi connectivity index (χ3n) is 12.6. The van der Waals surface area contributed by atoms with Gasteiger partial charge in [0.05, 0.1) is 22.1 Å². The van der Waals surface area contributed by atoms with Crippen LogP contribution in [0, 0.1) is 12.3 Å². The average molecular weight is 753 g/mol. The molecule has 11 nitrogen and oxygen atoms in total. The van der Waals surface area contributed by atoms with E-state index in [0.29, 0.717) is 45.5 Å². The maximum absolute atomic E-state index is 13.8. The van der Waals surface area contributed by atoms with Crippen molar-refractivity contribution in [1.82, 2.24) is 28.9 Å². The molecule has 2 N–H and O–H groups in total. The van der Waals surface area contributed by atoms with Crippen molar-refractivity contribution in [2.45, 2.75) is 97.3 Å². The lowest BCUT2D eigenvalue weighted by Crippen LogP contribution is -2.42. The summed E-state index contributed by atoms with van der Waals surface area (Å²) in [5.74, 6) is 0.257. The van der Waals surface area contributed by atoms with Gasteiger partial charge in [0, 0.05) is 101 Å². The van der Waals surface area contributed by atoms with E-state index in [2.05, 4.69) is 34.3 Å². The molecule has 54 heavy (non-hydrogen) atoms. The summed E-state index contributed by atoms with van der Waals surface area (Å²) in [7, 11) is 3.86. The third kappa shape index (κ3) is 7.11. The van der Waals surface area contributed by atoms with Gasteiger partial charge in [0.2, 0.25) is 0 Å². The minimum absolute atomic E-state index is 0.250. The number of carbonyl (C=O) groups is 2. The van der Waals surface area contributed by atoms with E-state index in [0.717, 1.165) is 105 Å². The molecule has 4 aromatic rings. The number of benzene rings is 2. The van der Waals surface area contributed by atoms with Crippen LogP contribution in [0.4, 0.5) is 11.4 Å². The van der Waals surface area contributed by atoms with Crippen molar-refractivity contribution in [2.24, 2.45) is 19.5 Å². The van der Waals surface area contributed by atoms with Crippen LogP contribution in [0.5, 0.6) is 0 Å². The fourth-order valence-electron chi connectivity index (χ4n) is 9.18. The highest BCUT2D eigenvalue weighted by Crippen LogP contribution is 2.39. The molecule has 2 aromatic heterocycles. The van der Waals surface area contributed by atoms with E-state index in [1.54, 1.807) is 0 Å². The van der Waals surface area contributed by atoms with Crippen LogP contribution >= 0.6 is 11.6 Å². The lowest BCUT2D eigenvalue weighted by atomic mass is 9.75. The smallest absolute Gasteiger partial charge is 0.291 e. The normalized spacial score (nSPS) is 19.7. The number of rotatable bonds is 7. The Kier molecular flexibility index (Phi) is 10.2. The van der Waals surface area contributed by atoms with Crippen molar-refractivity contribution in [1.29, 1.82) is 0 Å². The van der Waals surface area contributed by atoms with Gasteiger partial charge in [-0.25, -0.2) is 9.97 Å². The van der Waals surface area contributed by atoms with Crippen molar-refractivity contribution in [3.05, 3.63) is 81.4 Å². The molecule has 2 aromatic carbocycles. The molecule has 286 valence electrons. The van der Waals surface area contributed by atoms with Gasteiger partial charge in [-0.2, -0.15) is 0 Å². The molecule has 0 bridgehead atoms. The zero-order valence-electron chi connectivity index (χ0n) is 32.3. The first-order valence-corrected chi connectivity index (χ1v) is 20.0. The number of hydrogen-bond donors (Lipinski definition) is 2. The molecule has 8 rings (SSSR count). The molecule has 0 spiro atoms. The molecule has 5 heterocycles. The van der Waals surface area contributed by atoms with Gasteiger partial charge in [0.15, 0.2) is 11.6 Å². The summed E-state index contributed by atoms with van der Waals surface area (Å²) in [5.41, 5.74) is 8.32. The van der Waals surface area contributed by atoms with Gasteiger partial charge < -0.3 is 24.5 Å². The summed E-state index contributed by atoms with van der Waals surface area (Å²) in [6.07, 6.45) is 8.75. The monoisotopic (exact) mass is 752 g/mol. The summed E-state index contributed by atoms with van der Waals surface area (Å²) >= 11 is 7.05. The third-order valence-corrected chi connectivity index (χ3v) is 13.0. The Hall–Kier alpha value is -4.03. The van der Waals surface area contributed by atoms with Crippen molar-refractivity contribution < 1.29 is 14.3 Å². The number of nitrogens with zero attached hydrogens (tertiary/aromatic N) is 6. The Balaban J connectivity index is 0.962. The van der Waals surface area contributed by atoms with Crippen LogP contribution in [0.3, 0.4) is 0 Å². The van der Waals surface area contributed by atoms with Crippen molar-refractivity contribution in [2.75, 3.05) is 36.9 Å². The quantitative estimate of drug-likeness (QED) is 0.207. The molecule has 1 saturated carbocycles. The molecule has 2 fully saturated rings. The van der Waals surface area contributed by atoms with Gasteiger partial charge in [-0.05, 0) is 74.1 Å². The van der Waals surface area contributed by atoms with Gasteiger partial charge >= 0.3 is 0 Å². The molecule has 3 aliphatic heterocycles. The average Bonchev–Trinajstić information content (AvgIpc) is 3.69. The largest absolute Gasteiger partial charge is 0.381 e. The van der Waals surface area contributed by atoms with E-state index in [1.807, 2.05) is 66.6 Å². The molecule has 1 aliphatic carbocycles. The van der Waals surface area contributed by atoms with Crippen LogP contribution in [-0.2, 0) is 44.8 Å². The van der Waals surface area contributed by atoms with E-state index in [4.69, 9.17) is 26.3 Å². The number of anilines is 2. The molecular formula is C42H53ClN8O3. The van der Waals surface area contributed by atoms with Gasteiger partial charge in [-0.3, -0.25) is 19.4 Å². The molecule has 0 radical (unpaired) electrons. The summed E-state index contributed by atoms with van der Waals surface area (Å²) in [5, 5.41) is 6.61. The fourth-order valence-corrected chi connectivity index (χ4v) is 9.46. The second-order valence-corrected chi connectivity index (χ2v) is 16.9. The summed E-state index contributed by atoms with van der Waals surface area (Å²) in [6, 6.07) is 12.5. The van der Waals surface area contributed by atoms with E-state index >= 15 is 0 Å². The lowest BCUT2D eigenvalue weighted by Gasteiger charge is -2.41. The molecule has 0 atom stereocenters. The van der Waals surface area contributed by atoms with Gasteiger partial charge in [0.25, 0.3) is 11.8 Å². The number of imidazole rings is 2. The van der Waals surface area contributed by atoms with Crippen molar-refractivity contribution >= 4 is 34.8 Å². The van der Waals surface area contributed by atoms with Crippen LogP contribution in [0.25, 0.3) is 11.1 Å². The molecule has 12 heteroatoms. The topological polar surface area (TPSA) is 110 Å². The zero-order valence-corrected chi connectivity index (χ0v) is 33.1. The molecule has 4 aliphatic rings. The number of carbonyl (C=O) groups excluding carboxylic acids is 2. The highest BCUT2D eigenvalue weighted by molar-refractivity contribution is 6.36. The molecule has 0 unspecified atom stereocenters. The summed E-state index contributed by atoms with van der Waals surface area (Å²) in [6.45, 7) is 11.8. The number of halogens is 1. The van der Waals surface area contributed by atoms with Gasteiger partial charge in [0.1, 0.15) is 0 Å². The first-order chi connectivity index (χ1) is 26.0. The minimum atomic E-state index is -0.289. The van der Waals surface area contributed by atoms with Crippen LogP contribution in [0.15, 0.2) is 36.4 Å². The maximum atomic E-state index is 13.8. The number of ether oxygens (including phenoxy) is 1. The predicted octanol–water partition coefficient (Wildman–Crippen LogP) is 7.15. The van der Waals surface area contributed by atoms with E-state index < -0.39 is 0 Å². The summed E-state index contributed by atoms with van der Waals surface area (Å²) in [4.78, 5) is 42.3. The Morgan fingerprint density at radius 3 is 1.83 bits per heavy atom. The highest BCUT2D eigenvalue weighted by Gasteiger charge is 2.34. The maximum Gasteiger partial charge on any atom is 0.291 e. The molecule has 2 amide bonds. The van der Waals surface area contributed by atoms with Crippen LogP contribution in [0.1, 0.15) is 102 Å². The Morgan fingerprint density at radius 1 is 0.759 bits per heavy atom. The predicted molar refractivity (Wildman–Crippen MR) is 212 cm³/mol. The van der Waals surface area contributed by atoms with Crippen molar-refractivity contribution in [3.8, 4) is 11.1 Å². The first kappa shape index (κ1) is 36.9. The number of fused-ring (bicyclic) bond motifs is 2. The molecule has 1 saturated heterocycles. The highest BCUT2D eigenvalue weighted by atomic mass is 35.5. The lowest BCUT2D eigenvalue weighted by molar-refractivity contribution is 0.0283. The van der Waals surface area contributed by atoms with Crippen molar-refractivity contribution in [3.63, 3.8) is 0 Å². The Bertz CT molecular complexity index is 2070. The second-order valence-electron chi connectivity index (χ2n) is 16.5. The first-order valence-electron chi connectivity index (χ1n) is 19.6. The summed E-state index contributed by atoms with van der Waals surface area (Å²) < 4.78 is 9.46. The van der Waals surface area contributed by atoms with Crippen LogP contribution in [0.2, 0.25) is 5.02 Å². The number of amides is 2. The second kappa shape index (κ2) is 14.9. The van der Waals surface area contributed by atoms with Gasteiger partial charge in [-0.15, -0.1) is 0 Å². The number of hydrogen-bond acceptors (Lipinski definition) is 7. The van der Waals surface area contributed by atoms with E-state index in [1.165, 1.54) is 25.7 Å². The van der Waals surface area contributed by atoms with Crippen LogP contribution < -0.4 is 10.6 Å². The minimum Gasteiger partial charge on any atom is -0.381 e. The Morgan fingerprint density at radius 2 is 1.26 bits per heavy atom. The fraction of sp³-hybridized carbons (Fsp3) is 0.524. The number of aromatic nitrogens is 4. The molecular weight excluding hydrogens is 700 g/mol. The zero-order chi connectivity index (χ0) is 37.7. The van der Waals surface area contributed by atoms with E-state index in [9.17, 15) is 9.59 Å². The van der Waals surface area contributed by atoms with Gasteiger partial charge in [-0.1, -0.05) is 49.7 Å². The SMILES string of the molecule is Cc1c(NC(=O)c2nc3c(n2C)CCN(C2CCOCC2)C3)cccc1-c1cccc(NC(=O)c2nc3c(n2C)CCN(C2CCC(C)(C)CC2)C3)c1Cl. The number of nitrogens with one attached hydrogen (secondary N) is 2. The van der Waals surface area contributed by atoms with Crippen LogP contribution in [-0.4, -0.2) is 79.1 Å². The Labute approximate surface area is 323 Å². The standard InChI is InChI=1S/C42H53ClN8O3/c1-26-29(8-6-10-31(26)46-40(52)38-44-34-25-51(21-15-36(34)48(38)4)28-16-22-54-23-17-28)30-9-7-11-32(37(30)43)47-41(53)39-45-33-24-50(20-14-35(33)49(39)5)27-12-18-42(2,3)19-13-27/h6-11,27-28H,12-25H2,1-5H3,(H,46,52)(H,47,53). The van der Waals surface area contributed by atoms with E-state index in [-0.39, 0.29) is 11.8 Å².